The van der Waals surface area contributed by atoms with Gasteiger partial charge in [-0.25, -0.2) is 4.39 Å². The van der Waals surface area contributed by atoms with Crippen molar-refractivity contribution in [1.82, 2.24) is 4.98 Å². The van der Waals surface area contributed by atoms with E-state index in [-0.39, 0.29) is 29.9 Å². The van der Waals surface area contributed by atoms with Gasteiger partial charge in [0, 0.05) is 36.6 Å². The minimum Gasteiger partial charge on any atom is -0.493 e. The molecular weight excluding hydrogens is 447 g/mol. The molecule has 0 fully saturated rings. The molecule has 0 unspecified atom stereocenters. The maximum Gasteiger partial charge on any atom is 0.252 e. The van der Waals surface area contributed by atoms with E-state index in [1.807, 2.05) is 37.3 Å². The van der Waals surface area contributed by atoms with Crippen LogP contribution < -0.4 is 15.2 Å². The summed E-state index contributed by atoms with van der Waals surface area (Å²) in [5.74, 6) is -0.261. The van der Waals surface area contributed by atoms with Crippen molar-refractivity contribution in [2.45, 2.75) is 26.2 Å². The summed E-state index contributed by atoms with van der Waals surface area (Å²) in [5.41, 5.74) is 7.49. The van der Waals surface area contributed by atoms with Crippen molar-refractivity contribution >= 4 is 22.6 Å². The molecule has 1 aromatic heterocycles. The Morgan fingerprint density at radius 3 is 2.49 bits per heavy atom. The zero-order valence-electron chi connectivity index (χ0n) is 19.3. The van der Waals surface area contributed by atoms with E-state index in [4.69, 9.17) is 15.2 Å². The average Bonchev–Trinajstić information content (AvgIpc) is 2.84. The fourth-order valence-electron chi connectivity index (χ4n) is 3.72. The first-order valence-electron chi connectivity index (χ1n) is 11.3. The lowest BCUT2D eigenvalue weighted by atomic mass is 10.0. The summed E-state index contributed by atoms with van der Waals surface area (Å²) in [6.45, 7) is 2.39. The van der Waals surface area contributed by atoms with E-state index in [0.717, 1.165) is 12.0 Å². The van der Waals surface area contributed by atoms with Gasteiger partial charge in [-0.1, -0.05) is 43.3 Å². The first-order valence-corrected chi connectivity index (χ1v) is 11.3. The van der Waals surface area contributed by atoms with Crippen LogP contribution in [0.1, 0.15) is 34.8 Å². The molecule has 0 aliphatic heterocycles. The van der Waals surface area contributed by atoms with E-state index in [2.05, 4.69) is 4.98 Å². The highest BCUT2D eigenvalue weighted by Crippen LogP contribution is 2.33. The molecule has 35 heavy (non-hydrogen) atoms. The largest absolute Gasteiger partial charge is 0.493 e. The normalized spacial score (nSPS) is 10.8. The number of aromatic nitrogens is 1. The molecule has 3 aromatic carbocycles. The van der Waals surface area contributed by atoms with Crippen molar-refractivity contribution in [2.24, 2.45) is 5.73 Å². The molecule has 4 aromatic rings. The van der Waals surface area contributed by atoms with Crippen LogP contribution in [0.25, 0.3) is 10.9 Å². The zero-order valence-corrected chi connectivity index (χ0v) is 19.3. The van der Waals surface area contributed by atoms with Crippen LogP contribution in [0.3, 0.4) is 0 Å². The van der Waals surface area contributed by atoms with Crippen LogP contribution in [-0.2, 0) is 17.6 Å². The summed E-state index contributed by atoms with van der Waals surface area (Å²) >= 11 is 0. The molecule has 0 saturated carbocycles. The number of nitrogens with two attached hydrogens (primary N) is 1. The molecule has 1 heterocycles. The first-order chi connectivity index (χ1) is 16.9. The van der Waals surface area contributed by atoms with Gasteiger partial charge in [-0.15, -0.1) is 0 Å². The monoisotopic (exact) mass is 472 g/mol. The van der Waals surface area contributed by atoms with Crippen molar-refractivity contribution in [1.29, 1.82) is 0 Å². The molecular formula is C28H25FN2O4. The fraction of sp³-hybridized carbons (Fsp3) is 0.179. The zero-order chi connectivity index (χ0) is 24.8. The maximum atomic E-state index is 14.8. The van der Waals surface area contributed by atoms with Gasteiger partial charge in [0.1, 0.15) is 28.8 Å². The van der Waals surface area contributed by atoms with Gasteiger partial charge in [-0.3, -0.25) is 14.6 Å². The molecule has 0 bridgehead atoms. The smallest absolute Gasteiger partial charge is 0.252 e. The van der Waals surface area contributed by atoms with Crippen LogP contribution in [0.15, 0.2) is 72.9 Å². The Morgan fingerprint density at radius 2 is 1.77 bits per heavy atom. The highest BCUT2D eigenvalue weighted by atomic mass is 19.1. The van der Waals surface area contributed by atoms with Gasteiger partial charge in [0.25, 0.3) is 5.91 Å². The number of Topliss-reactive ketones (excluding diaryl/α,β-unsaturated/α-hetero) is 1. The fourth-order valence-corrected chi connectivity index (χ4v) is 3.72. The Balaban J connectivity index is 1.55. The summed E-state index contributed by atoms with van der Waals surface area (Å²) in [6.07, 6.45) is 2.56. The van der Waals surface area contributed by atoms with E-state index < -0.39 is 11.7 Å². The van der Waals surface area contributed by atoms with Gasteiger partial charge in [0.2, 0.25) is 0 Å². The molecule has 0 aliphatic carbocycles. The second-order valence-electron chi connectivity index (χ2n) is 8.12. The Kier molecular flexibility index (Phi) is 7.35. The summed E-state index contributed by atoms with van der Waals surface area (Å²) in [4.78, 5) is 28.7. The number of benzene rings is 3. The summed E-state index contributed by atoms with van der Waals surface area (Å²) in [7, 11) is 0. The van der Waals surface area contributed by atoms with E-state index in [1.165, 1.54) is 6.07 Å². The number of hydrogen-bond donors (Lipinski definition) is 1. The Hall–Kier alpha value is -4.26. The number of amides is 1. The lowest BCUT2D eigenvalue weighted by molar-refractivity contribution is -0.117. The Bertz CT molecular complexity index is 1370. The van der Waals surface area contributed by atoms with Crippen molar-refractivity contribution in [2.75, 3.05) is 6.61 Å². The van der Waals surface area contributed by atoms with Gasteiger partial charge < -0.3 is 15.2 Å². The topological polar surface area (TPSA) is 91.5 Å². The molecule has 6 nitrogen and oxygen atoms in total. The standard InChI is InChI=1S/C28H25FN2O4/c1-2-12-34-27-17-25-22(16-23(27)28(30)33)26(10-11-31-25)35-21-9-8-19(24(29)15-21)14-20(32)13-18-6-4-3-5-7-18/h3-11,15-17H,2,12-14H2,1H3,(H2,30,33). The third kappa shape index (κ3) is 5.81. The van der Waals surface area contributed by atoms with Gasteiger partial charge in [0.05, 0.1) is 17.7 Å². The van der Waals surface area contributed by atoms with Crippen LogP contribution in [0, 0.1) is 5.82 Å². The molecule has 1 amide bonds. The number of primary amides is 1. The predicted molar refractivity (Wildman–Crippen MR) is 131 cm³/mol. The molecule has 0 aliphatic rings. The van der Waals surface area contributed by atoms with Crippen molar-refractivity contribution in [3.63, 3.8) is 0 Å². The third-order valence-electron chi connectivity index (χ3n) is 5.41. The molecule has 178 valence electrons. The number of halogens is 1. The molecule has 7 heteroatoms. The highest BCUT2D eigenvalue weighted by Gasteiger charge is 2.16. The molecule has 0 radical (unpaired) electrons. The second kappa shape index (κ2) is 10.8. The summed E-state index contributed by atoms with van der Waals surface area (Å²) < 4.78 is 26.4. The van der Waals surface area contributed by atoms with Gasteiger partial charge >= 0.3 is 0 Å². The van der Waals surface area contributed by atoms with E-state index in [9.17, 15) is 14.0 Å². The molecule has 0 atom stereocenters. The van der Waals surface area contributed by atoms with Crippen LogP contribution >= 0.6 is 0 Å². The quantitative estimate of drug-likeness (QED) is 0.333. The number of rotatable bonds is 10. The van der Waals surface area contributed by atoms with Crippen molar-refractivity contribution < 1.29 is 23.5 Å². The molecule has 4 rings (SSSR count). The van der Waals surface area contributed by atoms with Crippen LogP contribution in [0.4, 0.5) is 4.39 Å². The summed E-state index contributed by atoms with van der Waals surface area (Å²) in [6, 6.07) is 18.6. The number of ketones is 1. The van der Waals surface area contributed by atoms with Crippen LogP contribution in [0.2, 0.25) is 0 Å². The number of pyridine rings is 1. The van der Waals surface area contributed by atoms with Crippen LogP contribution in [0.5, 0.6) is 17.2 Å². The molecule has 2 N–H and O–H groups in total. The number of fused-ring (bicyclic) bond motifs is 1. The maximum absolute atomic E-state index is 14.8. The highest BCUT2D eigenvalue weighted by molar-refractivity contribution is 6.01. The average molecular weight is 473 g/mol. The van der Waals surface area contributed by atoms with Crippen LogP contribution in [-0.4, -0.2) is 23.3 Å². The van der Waals surface area contributed by atoms with Crippen molar-refractivity contribution in [3.8, 4) is 17.2 Å². The Labute approximate surface area is 202 Å². The lowest BCUT2D eigenvalue weighted by Gasteiger charge is -2.13. The van der Waals surface area contributed by atoms with Gasteiger partial charge in [-0.2, -0.15) is 0 Å². The second-order valence-corrected chi connectivity index (χ2v) is 8.12. The number of carbonyl (C=O) groups is 2. The van der Waals surface area contributed by atoms with Crippen molar-refractivity contribution in [3.05, 3.63) is 95.4 Å². The Morgan fingerprint density at radius 1 is 0.971 bits per heavy atom. The predicted octanol–water partition coefficient (Wildman–Crippen LogP) is 5.41. The number of hydrogen-bond acceptors (Lipinski definition) is 5. The van der Waals surface area contributed by atoms with E-state index >= 15 is 0 Å². The third-order valence-corrected chi connectivity index (χ3v) is 5.41. The molecule has 0 saturated heterocycles. The van der Waals surface area contributed by atoms with Gasteiger partial charge in [-0.05, 0) is 35.7 Å². The molecule has 0 spiro atoms. The lowest BCUT2D eigenvalue weighted by Crippen LogP contribution is -2.13. The number of ether oxygens (including phenoxy) is 2. The summed E-state index contributed by atoms with van der Waals surface area (Å²) in [5, 5.41) is 0.535. The number of nitrogens with zero attached hydrogens (tertiary/aromatic N) is 1. The minimum atomic E-state index is -0.636. The first kappa shape index (κ1) is 23.9. The van der Waals surface area contributed by atoms with E-state index in [1.54, 1.807) is 36.5 Å². The van der Waals surface area contributed by atoms with Gasteiger partial charge in [0.15, 0.2) is 0 Å². The number of carbonyl (C=O) groups excluding carboxylic acids is 2. The SMILES string of the molecule is CCCOc1cc2nccc(Oc3ccc(CC(=O)Cc4ccccc4)c(F)c3)c2cc1C(N)=O. The minimum absolute atomic E-state index is 0.0122. The van der Waals surface area contributed by atoms with E-state index in [0.29, 0.717) is 34.6 Å².